The molecule has 1 fully saturated rings. The van der Waals surface area contributed by atoms with Crippen LogP contribution in [0.25, 0.3) is 0 Å². The number of nitrogens with zero attached hydrogens (tertiary/aromatic N) is 2. The highest BCUT2D eigenvalue weighted by molar-refractivity contribution is 7.92. The molecule has 1 N–H and O–H groups in total. The number of fused-ring (bicyclic) bond motifs is 1. The van der Waals surface area contributed by atoms with Gasteiger partial charge >= 0.3 is 0 Å². The number of hydrogen-bond donors (Lipinski definition) is 1. The summed E-state index contributed by atoms with van der Waals surface area (Å²) in [7, 11) is -3.56. The lowest BCUT2D eigenvalue weighted by Gasteiger charge is -2.34. The molecule has 1 amide bonds. The molecule has 0 saturated carbocycles. The minimum atomic E-state index is -3.56. The van der Waals surface area contributed by atoms with E-state index in [0.29, 0.717) is 23.0 Å². The van der Waals surface area contributed by atoms with Crippen molar-refractivity contribution in [3.05, 3.63) is 23.2 Å². The summed E-state index contributed by atoms with van der Waals surface area (Å²) in [5.41, 5.74) is 0.360. The van der Waals surface area contributed by atoms with Crippen molar-refractivity contribution in [3.8, 4) is 5.75 Å². The third kappa shape index (κ3) is 5.30. The van der Waals surface area contributed by atoms with Crippen LogP contribution >= 0.6 is 11.6 Å². The quantitative estimate of drug-likeness (QED) is 0.700. The summed E-state index contributed by atoms with van der Waals surface area (Å²) in [4.78, 5) is 15.0. The van der Waals surface area contributed by atoms with Gasteiger partial charge in [-0.1, -0.05) is 18.5 Å². The minimum absolute atomic E-state index is 0.0674. The number of likely N-dealkylation sites (tertiary alicyclic amines) is 1. The number of benzene rings is 1. The fraction of sp³-hybridized carbons (Fsp3) is 0.632. The highest BCUT2D eigenvalue weighted by Gasteiger charge is 2.35. The molecule has 156 valence electrons. The van der Waals surface area contributed by atoms with Gasteiger partial charge in [0.15, 0.2) is 6.10 Å². The van der Waals surface area contributed by atoms with Crippen LogP contribution in [0.2, 0.25) is 5.02 Å². The normalized spacial score (nSPS) is 21.1. The van der Waals surface area contributed by atoms with Crippen molar-refractivity contribution >= 4 is 33.2 Å². The van der Waals surface area contributed by atoms with Gasteiger partial charge in [-0.2, -0.15) is 0 Å². The van der Waals surface area contributed by atoms with E-state index in [1.165, 1.54) is 23.2 Å². The van der Waals surface area contributed by atoms with Gasteiger partial charge in [-0.25, -0.2) is 8.42 Å². The van der Waals surface area contributed by atoms with E-state index in [0.717, 1.165) is 38.2 Å². The van der Waals surface area contributed by atoms with E-state index >= 15 is 0 Å². The van der Waals surface area contributed by atoms with Crippen molar-refractivity contribution in [2.45, 2.75) is 32.3 Å². The second kappa shape index (κ2) is 8.88. The van der Waals surface area contributed by atoms with Crippen molar-refractivity contribution in [3.63, 3.8) is 0 Å². The number of carbonyl (C=O) groups is 1. The topological polar surface area (TPSA) is 79.0 Å². The van der Waals surface area contributed by atoms with Gasteiger partial charge < -0.3 is 15.0 Å². The van der Waals surface area contributed by atoms with E-state index in [-0.39, 0.29) is 12.5 Å². The fourth-order valence-corrected chi connectivity index (χ4v) is 4.66. The summed E-state index contributed by atoms with van der Waals surface area (Å²) in [6, 6.07) is 4.73. The zero-order valence-corrected chi connectivity index (χ0v) is 17.9. The lowest BCUT2D eigenvalue weighted by molar-refractivity contribution is -0.127. The maximum absolute atomic E-state index is 12.5. The SMILES string of the molecule is CC1CCN(CCCNC(=O)C2CN(S(C)(=O)=O)c3cc(Cl)ccc3O2)CC1. The Labute approximate surface area is 172 Å². The zero-order chi connectivity index (χ0) is 20.3. The lowest BCUT2D eigenvalue weighted by Crippen LogP contribution is -2.50. The van der Waals surface area contributed by atoms with E-state index < -0.39 is 16.1 Å². The van der Waals surface area contributed by atoms with Crippen LogP contribution in [0.15, 0.2) is 18.2 Å². The van der Waals surface area contributed by atoms with Crippen molar-refractivity contribution in [1.82, 2.24) is 10.2 Å². The van der Waals surface area contributed by atoms with Crippen LogP contribution in [0.1, 0.15) is 26.2 Å². The summed E-state index contributed by atoms with van der Waals surface area (Å²) in [6.45, 7) is 5.94. The van der Waals surface area contributed by atoms with Gasteiger partial charge in [-0.15, -0.1) is 0 Å². The molecule has 1 aromatic carbocycles. The predicted molar refractivity (Wildman–Crippen MR) is 111 cm³/mol. The summed E-state index contributed by atoms with van der Waals surface area (Å²) in [5.74, 6) is 0.833. The highest BCUT2D eigenvalue weighted by atomic mass is 35.5. The molecule has 2 aliphatic rings. The average Bonchev–Trinajstić information content (AvgIpc) is 2.64. The van der Waals surface area contributed by atoms with Crippen LogP contribution in [0.3, 0.4) is 0 Å². The Morgan fingerprint density at radius 3 is 2.71 bits per heavy atom. The van der Waals surface area contributed by atoms with Gasteiger partial charge in [0, 0.05) is 11.6 Å². The number of sulfonamides is 1. The molecular formula is C19H28ClN3O4S. The second-order valence-corrected chi connectivity index (χ2v) is 10.0. The van der Waals surface area contributed by atoms with E-state index in [9.17, 15) is 13.2 Å². The van der Waals surface area contributed by atoms with Crippen molar-refractivity contribution in [1.29, 1.82) is 0 Å². The Morgan fingerprint density at radius 2 is 2.04 bits per heavy atom. The first-order valence-electron chi connectivity index (χ1n) is 9.68. The number of piperidine rings is 1. The van der Waals surface area contributed by atoms with Crippen LogP contribution in [0.4, 0.5) is 5.69 Å². The molecule has 1 aromatic rings. The van der Waals surface area contributed by atoms with Crippen LogP contribution in [0.5, 0.6) is 5.75 Å². The maximum atomic E-state index is 12.5. The fourth-order valence-electron chi connectivity index (χ4n) is 3.59. The van der Waals surface area contributed by atoms with Crippen molar-refractivity contribution in [2.24, 2.45) is 5.92 Å². The molecule has 7 nitrogen and oxygen atoms in total. The molecule has 1 unspecified atom stereocenters. The molecule has 0 bridgehead atoms. The summed E-state index contributed by atoms with van der Waals surface area (Å²) in [5, 5.41) is 3.29. The summed E-state index contributed by atoms with van der Waals surface area (Å²) < 4.78 is 31.3. The first-order chi connectivity index (χ1) is 13.2. The van der Waals surface area contributed by atoms with E-state index in [4.69, 9.17) is 16.3 Å². The predicted octanol–water partition coefficient (Wildman–Crippen LogP) is 2.11. The number of amides is 1. The third-order valence-corrected chi connectivity index (χ3v) is 6.69. The number of anilines is 1. The number of rotatable bonds is 6. The van der Waals surface area contributed by atoms with Gasteiger partial charge in [-0.05, 0) is 63.0 Å². The molecule has 28 heavy (non-hydrogen) atoms. The van der Waals surface area contributed by atoms with Crippen molar-refractivity contribution < 1.29 is 17.9 Å². The van der Waals surface area contributed by atoms with E-state index in [1.54, 1.807) is 12.1 Å². The number of ether oxygens (including phenoxy) is 1. The van der Waals surface area contributed by atoms with Gasteiger partial charge in [0.05, 0.1) is 18.5 Å². The molecule has 0 aliphatic carbocycles. The summed E-state index contributed by atoms with van der Waals surface area (Å²) >= 11 is 5.99. The lowest BCUT2D eigenvalue weighted by atomic mass is 9.99. The second-order valence-electron chi connectivity index (χ2n) is 7.68. The molecular weight excluding hydrogens is 402 g/mol. The minimum Gasteiger partial charge on any atom is -0.476 e. The molecule has 1 atom stereocenters. The van der Waals surface area contributed by atoms with E-state index in [1.807, 2.05) is 0 Å². The number of halogens is 1. The Morgan fingerprint density at radius 1 is 1.32 bits per heavy atom. The van der Waals surface area contributed by atoms with Gasteiger partial charge in [-0.3, -0.25) is 9.10 Å². The summed E-state index contributed by atoms with van der Waals surface area (Å²) in [6.07, 6.45) is 3.53. The maximum Gasteiger partial charge on any atom is 0.263 e. The van der Waals surface area contributed by atoms with Gasteiger partial charge in [0.2, 0.25) is 10.0 Å². The first-order valence-corrected chi connectivity index (χ1v) is 11.9. The largest absolute Gasteiger partial charge is 0.476 e. The molecule has 2 aliphatic heterocycles. The Bertz CT molecular complexity index is 809. The molecule has 0 radical (unpaired) electrons. The molecule has 3 rings (SSSR count). The average molecular weight is 430 g/mol. The Kier molecular flexibility index (Phi) is 6.73. The number of carbonyl (C=O) groups excluding carboxylic acids is 1. The zero-order valence-electron chi connectivity index (χ0n) is 16.4. The van der Waals surface area contributed by atoms with Crippen LogP contribution in [-0.2, 0) is 14.8 Å². The highest BCUT2D eigenvalue weighted by Crippen LogP contribution is 2.37. The van der Waals surface area contributed by atoms with Gasteiger partial charge in [0.1, 0.15) is 5.75 Å². The standard InChI is InChI=1S/C19H28ClN3O4S/c1-14-6-10-22(11-7-14)9-3-8-21-19(24)18-13-23(28(2,25)26)16-12-15(20)4-5-17(16)27-18/h4-5,12,14,18H,3,6-11,13H2,1-2H3,(H,21,24). The number of nitrogens with one attached hydrogen (secondary N) is 1. The molecule has 9 heteroatoms. The molecule has 1 saturated heterocycles. The van der Waals surface area contributed by atoms with E-state index in [2.05, 4.69) is 17.1 Å². The van der Waals surface area contributed by atoms with Gasteiger partial charge in [0.25, 0.3) is 5.91 Å². The van der Waals surface area contributed by atoms with Crippen molar-refractivity contribution in [2.75, 3.05) is 43.3 Å². The van der Waals surface area contributed by atoms with Crippen LogP contribution < -0.4 is 14.4 Å². The monoisotopic (exact) mass is 429 g/mol. The smallest absolute Gasteiger partial charge is 0.263 e. The van der Waals surface area contributed by atoms with Crippen LogP contribution in [0, 0.1) is 5.92 Å². The molecule has 0 spiro atoms. The number of hydrogen-bond acceptors (Lipinski definition) is 5. The Balaban J connectivity index is 1.55. The van der Waals surface area contributed by atoms with Crippen LogP contribution in [-0.4, -0.2) is 64.3 Å². The Hall–Kier alpha value is -1.51. The third-order valence-electron chi connectivity index (χ3n) is 5.31. The molecule has 2 heterocycles. The first kappa shape index (κ1) is 21.2. The molecule has 0 aromatic heterocycles.